The normalized spacial score (nSPS) is 20.6. The fraction of sp³-hybridized carbons (Fsp3) is 0.857. The number of amides is 2. The number of nitrogens with zero attached hydrogens (tertiary/aromatic N) is 2. The molecular weight excluding hydrogens is 258 g/mol. The van der Waals surface area contributed by atoms with Crippen molar-refractivity contribution in [1.29, 1.82) is 0 Å². The van der Waals surface area contributed by atoms with Gasteiger partial charge in [-0.15, -0.1) is 0 Å². The summed E-state index contributed by atoms with van der Waals surface area (Å²) in [6.07, 6.45) is 4.27. The second kappa shape index (κ2) is 6.92. The van der Waals surface area contributed by atoms with E-state index in [-0.39, 0.29) is 18.5 Å². The molecule has 0 spiro atoms. The van der Waals surface area contributed by atoms with E-state index in [1.54, 1.807) is 4.90 Å². The molecule has 1 aliphatic heterocycles. The lowest BCUT2D eigenvalue weighted by Gasteiger charge is -2.30. The van der Waals surface area contributed by atoms with E-state index in [2.05, 4.69) is 17.3 Å². The number of hydrogen-bond acceptors (Lipinski definition) is 3. The molecule has 2 rings (SSSR count). The van der Waals surface area contributed by atoms with Crippen LogP contribution >= 0.6 is 0 Å². The van der Waals surface area contributed by atoms with Crippen molar-refractivity contribution in [3.63, 3.8) is 0 Å². The van der Waals surface area contributed by atoms with E-state index in [4.69, 9.17) is 5.11 Å². The highest BCUT2D eigenvalue weighted by molar-refractivity contribution is 5.76. The predicted octanol–water partition coefficient (Wildman–Crippen LogP) is 0.977. The van der Waals surface area contributed by atoms with Crippen LogP contribution in [0.25, 0.3) is 0 Å². The molecule has 1 saturated heterocycles. The number of likely N-dealkylation sites (tertiary alicyclic amines) is 1. The molecule has 0 aromatic heterocycles. The van der Waals surface area contributed by atoms with Gasteiger partial charge in [-0.1, -0.05) is 0 Å². The number of carbonyl (C=O) groups excluding carboxylic acids is 1. The SMILES string of the molecule is CN1CCC(CNC(=O)N(CCC(=O)O)C2CC2)CC1. The smallest absolute Gasteiger partial charge is 0.317 e. The van der Waals surface area contributed by atoms with Crippen LogP contribution in [-0.4, -0.2) is 66.2 Å². The minimum absolute atomic E-state index is 0.0259. The van der Waals surface area contributed by atoms with Crippen LogP contribution in [0.1, 0.15) is 32.1 Å². The van der Waals surface area contributed by atoms with Crippen LogP contribution in [0, 0.1) is 5.92 Å². The van der Waals surface area contributed by atoms with E-state index >= 15 is 0 Å². The van der Waals surface area contributed by atoms with Crippen molar-refractivity contribution < 1.29 is 14.7 Å². The van der Waals surface area contributed by atoms with Gasteiger partial charge >= 0.3 is 12.0 Å². The molecule has 0 aromatic rings. The second-order valence-electron chi connectivity index (χ2n) is 6.00. The van der Waals surface area contributed by atoms with Crippen molar-refractivity contribution in [2.24, 2.45) is 5.92 Å². The number of piperidine rings is 1. The van der Waals surface area contributed by atoms with Gasteiger partial charge in [0, 0.05) is 19.1 Å². The molecule has 2 aliphatic rings. The third-order valence-electron chi connectivity index (χ3n) is 4.20. The highest BCUT2D eigenvalue weighted by Crippen LogP contribution is 2.27. The van der Waals surface area contributed by atoms with Crippen LogP contribution in [0.4, 0.5) is 4.79 Å². The van der Waals surface area contributed by atoms with Gasteiger partial charge < -0.3 is 20.2 Å². The first-order valence-electron chi connectivity index (χ1n) is 7.51. The highest BCUT2D eigenvalue weighted by Gasteiger charge is 2.32. The Labute approximate surface area is 120 Å². The first kappa shape index (κ1) is 15.1. The van der Waals surface area contributed by atoms with E-state index < -0.39 is 5.97 Å². The molecule has 0 radical (unpaired) electrons. The number of urea groups is 1. The largest absolute Gasteiger partial charge is 0.481 e. The van der Waals surface area contributed by atoms with Gasteiger partial charge in [0.2, 0.25) is 0 Å². The molecule has 0 unspecified atom stereocenters. The minimum Gasteiger partial charge on any atom is -0.481 e. The Morgan fingerprint density at radius 2 is 1.90 bits per heavy atom. The third kappa shape index (κ3) is 4.67. The monoisotopic (exact) mass is 283 g/mol. The van der Waals surface area contributed by atoms with Crippen molar-refractivity contribution in [3.8, 4) is 0 Å². The molecular formula is C14H25N3O3. The Kier molecular flexibility index (Phi) is 5.23. The number of carbonyl (C=O) groups is 2. The van der Waals surface area contributed by atoms with Gasteiger partial charge in [-0.25, -0.2) is 4.79 Å². The average molecular weight is 283 g/mol. The number of carboxylic acids is 1. The highest BCUT2D eigenvalue weighted by atomic mass is 16.4. The third-order valence-corrected chi connectivity index (χ3v) is 4.20. The zero-order valence-electron chi connectivity index (χ0n) is 12.2. The van der Waals surface area contributed by atoms with Crippen molar-refractivity contribution in [3.05, 3.63) is 0 Å². The molecule has 0 bridgehead atoms. The number of aliphatic carboxylic acids is 1. The summed E-state index contributed by atoms with van der Waals surface area (Å²) in [5.74, 6) is -0.297. The van der Waals surface area contributed by atoms with E-state index in [1.165, 1.54) is 0 Å². The summed E-state index contributed by atoms with van der Waals surface area (Å²) in [7, 11) is 2.12. The summed E-state index contributed by atoms with van der Waals surface area (Å²) in [5, 5.41) is 11.7. The Morgan fingerprint density at radius 1 is 1.25 bits per heavy atom. The summed E-state index contributed by atoms with van der Waals surface area (Å²) in [6, 6.07) is 0.166. The van der Waals surface area contributed by atoms with Crippen molar-refractivity contribution in [2.75, 3.05) is 33.2 Å². The van der Waals surface area contributed by atoms with Gasteiger partial charge in [0.05, 0.1) is 6.42 Å². The van der Waals surface area contributed by atoms with Crippen LogP contribution in [0.2, 0.25) is 0 Å². The molecule has 6 nitrogen and oxygen atoms in total. The Bertz CT molecular complexity index is 350. The summed E-state index contributed by atoms with van der Waals surface area (Å²) < 4.78 is 0. The second-order valence-corrected chi connectivity index (χ2v) is 6.00. The lowest BCUT2D eigenvalue weighted by Crippen LogP contribution is -2.45. The average Bonchev–Trinajstić information content (AvgIpc) is 3.22. The maximum absolute atomic E-state index is 12.2. The first-order valence-corrected chi connectivity index (χ1v) is 7.51. The molecule has 0 atom stereocenters. The van der Waals surface area contributed by atoms with Crippen molar-refractivity contribution >= 4 is 12.0 Å². The topological polar surface area (TPSA) is 72.9 Å². The maximum atomic E-state index is 12.2. The van der Waals surface area contributed by atoms with Crippen molar-refractivity contribution in [1.82, 2.24) is 15.1 Å². The Balaban J connectivity index is 1.72. The van der Waals surface area contributed by atoms with Crippen LogP contribution in [0.15, 0.2) is 0 Å². The van der Waals surface area contributed by atoms with Crippen LogP contribution in [0.3, 0.4) is 0 Å². The predicted molar refractivity (Wildman–Crippen MR) is 75.6 cm³/mol. The van der Waals surface area contributed by atoms with E-state index in [0.717, 1.165) is 38.8 Å². The molecule has 2 fully saturated rings. The number of hydrogen-bond donors (Lipinski definition) is 2. The number of rotatable bonds is 6. The van der Waals surface area contributed by atoms with E-state index in [1.807, 2.05) is 0 Å². The number of carboxylic acid groups (broad SMARTS) is 1. The number of nitrogens with one attached hydrogen (secondary N) is 1. The molecule has 114 valence electrons. The van der Waals surface area contributed by atoms with E-state index in [9.17, 15) is 9.59 Å². The van der Waals surface area contributed by atoms with Crippen LogP contribution in [0.5, 0.6) is 0 Å². The molecule has 1 saturated carbocycles. The van der Waals surface area contributed by atoms with Crippen molar-refractivity contribution in [2.45, 2.75) is 38.1 Å². The Morgan fingerprint density at radius 3 is 2.45 bits per heavy atom. The fourth-order valence-electron chi connectivity index (χ4n) is 2.65. The van der Waals surface area contributed by atoms with Crippen LogP contribution < -0.4 is 5.32 Å². The van der Waals surface area contributed by atoms with Crippen LogP contribution in [-0.2, 0) is 4.79 Å². The summed E-state index contributed by atoms with van der Waals surface area (Å²) in [4.78, 5) is 26.8. The summed E-state index contributed by atoms with van der Waals surface area (Å²) in [5.41, 5.74) is 0. The van der Waals surface area contributed by atoms with Gasteiger partial charge in [0.15, 0.2) is 0 Å². The molecule has 0 aromatic carbocycles. The van der Waals surface area contributed by atoms with Gasteiger partial charge in [0.1, 0.15) is 0 Å². The lowest BCUT2D eigenvalue weighted by molar-refractivity contribution is -0.137. The first-order chi connectivity index (χ1) is 9.56. The molecule has 6 heteroatoms. The standard InChI is InChI=1S/C14H25N3O3/c1-16-7-4-11(5-8-16)10-15-14(20)17(12-2-3-12)9-6-13(18)19/h11-12H,2-10H2,1H3,(H,15,20)(H,18,19). The molecule has 20 heavy (non-hydrogen) atoms. The zero-order chi connectivity index (χ0) is 14.5. The van der Waals surface area contributed by atoms with Gasteiger partial charge in [0.25, 0.3) is 0 Å². The quantitative estimate of drug-likeness (QED) is 0.762. The molecule has 2 amide bonds. The minimum atomic E-state index is -0.848. The summed E-state index contributed by atoms with van der Waals surface area (Å²) >= 11 is 0. The van der Waals surface area contributed by atoms with Gasteiger partial charge in [-0.05, 0) is 51.7 Å². The molecule has 2 N–H and O–H groups in total. The molecule has 1 aliphatic carbocycles. The van der Waals surface area contributed by atoms with E-state index in [0.29, 0.717) is 19.0 Å². The lowest BCUT2D eigenvalue weighted by atomic mass is 9.97. The summed E-state index contributed by atoms with van der Waals surface area (Å²) in [6.45, 7) is 3.21. The maximum Gasteiger partial charge on any atom is 0.317 e. The van der Waals surface area contributed by atoms with Gasteiger partial charge in [-0.3, -0.25) is 4.79 Å². The Hall–Kier alpha value is -1.30. The zero-order valence-corrected chi connectivity index (χ0v) is 12.2. The molecule has 1 heterocycles. The van der Waals surface area contributed by atoms with Gasteiger partial charge in [-0.2, -0.15) is 0 Å². The fourth-order valence-corrected chi connectivity index (χ4v) is 2.65.